The SMILES string of the molecule is COCCn1c(-c2cc3ccccc3cc2O)n[nH]c1=S. The highest BCUT2D eigenvalue weighted by molar-refractivity contribution is 7.71. The molecule has 0 amide bonds. The standard InChI is InChI=1S/C15H15N3O2S/c1-20-7-6-18-14(16-17-15(18)21)12-8-10-4-2-3-5-11(10)9-13(12)19/h2-5,8-9,19H,6-7H2,1H3,(H,17,21). The van der Waals surface area contributed by atoms with E-state index in [2.05, 4.69) is 10.2 Å². The Balaban J connectivity index is 2.16. The van der Waals surface area contributed by atoms with Crippen molar-refractivity contribution in [2.75, 3.05) is 13.7 Å². The summed E-state index contributed by atoms with van der Waals surface area (Å²) in [5.41, 5.74) is 0.650. The van der Waals surface area contributed by atoms with E-state index in [4.69, 9.17) is 17.0 Å². The van der Waals surface area contributed by atoms with Crippen LogP contribution in [0.3, 0.4) is 0 Å². The number of nitrogens with zero attached hydrogens (tertiary/aromatic N) is 2. The minimum atomic E-state index is 0.182. The summed E-state index contributed by atoms with van der Waals surface area (Å²) >= 11 is 5.23. The van der Waals surface area contributed by atoms with Crippen molar-refractivity contribution in [1.82, 2.24) is 14.8 Å². The third kappa shape index (κ3) is 2.55. The van der Waals surface area contributed by atoms with Crippen LogP contribution in [0.15, 0.2) is 36.4 Å². The molecule has 0 aliphatic heterocycles. The van der Waals surface area contributed by atoms with Gasteiger partial charge in [0.1, 0.15) is 5.75 Å². The summed E-state index contributed by atoms with van der Waals surface area (Å²) < 4.78 is 7.42. The lowest BCUT2D eigenvalue weighted by atomic mass is 10.1. The van der Waals surface area contributed by atoms with Gasteiger partial charge in [0.05, 0.1) is 18.7 Å². The van der Waals surface area contributed by atoms with Crippen LogP contribution >= 0.6 is 12.2 Å². The van der Waals surface area contributed by atoms with Gasteiger partial charge in [0.2, 0.25) is 0 Å². The van der Waals surface area contributed by atoms with Crippen LogP contribution in [-0.4, -0.2) is 33.6 Å². The van der Waals surface area contributed by atoms with Gasteiger partial charge >= 0.3 is 0 Å². The molecule has 0 saturated heterocycles. The number of hydrogen-bond donors (Lipinski definition) is 2. The molecule has 2 N–H and O–H groups in total. The van der Waals surface area contributed by atoms with Gasteiger partial charge in [-0.1, -0.05) is 24.3 Å². The zero-order valence-corrected chi connectivity index (χ0v) is 12.4. The van der Waals surface area contributed by atoms with Crippen molar-refractivity contribution in [3.63, 3.8) is 0 Å². The average molecular weight is 301 g/mol. The zero-order chi connectivity index (χ0) is 14.8. The lowest BCUT2D eigenvalue weighted by Crippen LogP contribution is -2.06. The molecule has 0 saturated carbocycles. The Morgan fingerprint density at radius 2 is 2.00 bits per heavy atom. The van der Waals surface area contributed by atoms with Crippen LogP contribution in [0.1, 0.15) is 0 Å². The van der Waals surface area contributed by atoms with E-state index < -0.39 is 0 Å². The number of phenols is 1. The normalized spacial score (nSPS) is 11.1. The Morgan fingerprint density at radius 3 is 2.71 bits per heavy atom. The van der Waals surface area contributed by atoms with Crippen LogP contribution in [0.2, 0.25) is 0 Å². The van der Waals surface area contributed by atoms with E-state index in [1.165, 1.54) is 0 Å². The number of aromatic nitrogens is 3. The fourth-order valence-electron chi connectivity index (χ4n) is 2.32. The Hall–Kier alpha value is -2.18. The summed E-state index contributed by atoms with van der Waals surface area (Å²) in [6.07, 6.45) is 0. The molecule has 3 rings (SSSR count). The predicted molar refractivity (Wildman–Crippen MR) is 83.9 cm³/mol. The van der Waals surface area contributed by atoms with Gasteiger partial charge in [-0.15, -0.1) is 0 Å². The summed E-state index contributed by atoms with van der Waals surface area (Å²) in [4.78, 5) is 0. The van der Waals surface area contributed by atoms with Gasteiger partial charge in [-0.05, 0) is 35.1 Å². The maximum Gasteiger partial charge on any atom is 0.195 e. The van der Waals surface area contributed by atoms with Crippen LogP contribution in [-0.2, 0) is 11.3 Å². The fourth-order valence-corrected chi connectivity index (χ4v) is 2.54. The van der Waals surface area contributed by atoms with E-state index in [1.807, 2.05) is 34.9 Å². The summed E-state index contributed by atoms with van der Waals surface area (Å²) in [7, 11) is 1.64. The first-order chi connectivity index (χ1) is 10.2. The first-order valence-electron chi connectivity index (χ1n) is 6.57. The van der Waals surface area contributed by atoms with Gasteiger partial charge in [-0.2, -0.15) is 5.10 Å². The molecule has 21 heavy (non-hydrogen) atoms. The van der Waals surface area contributed by atoms with Gasteiger partial charge in [-0.3, -0.25) is 9.67 Å². The highest BCUT2D eigenvalue weighted by Gasteiger charge is 2.13. The number of methoxy groups -OCH3 is 1. The van der Waals surface area contributed by atoms with Gasteiger partial charge in [0.25, 0.3) is 0 Å². The second-order valence-corrected chi connectivity index (χ2v) is 5.10. The Labute approximate surface area is 126 Å². The summed E-state index contributed by atoms with van der Waals surface area (Å²) in [5.74, 6) is 0.793. The topological polar surface area (TPSA) is 63.1 Å². The number of aromatic amines is 1. The highest BCUT2D eigenvalue weighted by atomic mass is 32.1. The maximum absolute atomic E-state index is 10.3. The minimum Gasteiger partial charge on any atom is -0.507 e. The smallest absolute Gasteiger partial charge is 0.195 e. The molecule has 1 heterocycles. The number of aromatic hydroxyl groups is 1. The first-order valence-corrected chi connectivity index (χ1v) is 6.98. The number of nitrogens with one attached hydrogen (secondary N) is 1. The van der Waals surface area contributed by atoms with E-state index in [0.29, 0.717) is 29.3 Å². The van der Waals surface area contributed by atoms with E-state index >= 15 is 0 Å². The molecule has 5 nitrogen and oxygen atoms in total. The van der Waals surface area contributed by atoms with Crippen LogP contribution in [0, 0.1) is 4.77 Å². The molecule has 0 fully saturated rings. The highest BCUT2D eigenvalue weighted by Crippen LogP contribution is 2.32. The van der Waals surface area contributed by atoms with Crippen LogP contribution < -0.4 is 0 Å². The second kappa shape index (κ2) is 5.67. The number of rotatable bonds is 4. The van der Waals surface area contributed by atoms with Crippen molar-refractivity contribution < 1.29 is 9.84 Å². The molecule has 6 heteroatoms. The molecule has 1 aromatic heterocycles. The van der Waals surface area contributed by atoms with Crippen molar-refractivity contribution in [3.8, 4) is 17.1 Å². The fraction of sp³-hybridized carbons (Fsp3) is 0.200. The van der Waals surface area contributed by atoms with Gasteiger partial charge in [0.15, 0.2) is 10.6 Å². The molecule has 2 aromatic carbocycles. The molecule has 0 radical (unpaired) electrons. The maximum atomic E-state index is 10.3. The summed E-state index contributed by atoms with van der Waals surface area (Å²) in [6, 6.07) is 11.5. The number of phenolic OH excluding ortho intramolecular Hbond substituents is 1. The molecular weight excluding hydrogens is 286 g/mol. The summed E-state index contributed by atoms with van der Waals surface area (Å²) in [6.45, 7) is 1.10. The molecule has 0 aliphatic carbocycles. The zero-order valence-electron chi connectivity index (χ0n) is 11.5. The van der Waals surface area contributed by atoms with Crippen molar-refractivity contribution >= 4 is 23.0 Å². The number of fused-ring (bicyclic) bond motifs is 1. The van der Waals surface area contributed by atoms with E-state index in [0.717, 1.165) is 10.8 Å². The van der Waals surface area contributed by atoms with Crippen molar-refractivity contribution in [2.45, 2.75) is 6.54 Å². The molecule has 0 bridgehead atoms. The molecule has 0 atom stereocenters. The molecule has 0 spiro atoms. The van der Waals surface area contributed by atoms with Crippen molar-refractivity contribution in [1.29, 1.82) is 0 Å². The Morgan fingerprint density at radius 1 is 1.29 bits per heavy atom. The largest absolute Gasteiger partial charge is 0.507 e. The van der Waals surface area contributed by atoms with Crippen molar-refractivity contribution in [3.05, 3.63) is 41.2 Å². The van der Waals surface area contributed by atoms with Crippen LogP contribution in [0.25, 0.3) is 22.2 Å². The van der Waals surface area contributed by atoms with Gasteiger partial charge < -0.3 is 9.84 Å². The quantitative estimate of drug-likeness (QED) is 0.727. The van der Waals surface area contributed by atoms with E-state index in [1.54, 1.807) is 13.2 Å². The van der Waals surface area contributed by atoms with E-state index in [9.17, 15) is 5.11 Å². The Bertz CT molecular complexity index is 838. The number of ether oxygens (including phenoxy) is 1. The monoisotopic (exact) mass is 301 g/mol. The molecule has 108 valence electrons. The third-order valence-electron chi connectivity index (χ3n) is 3.38. The van der Waals surface area contributed by atoms with Crippen LogP contribution in [0.5, 0.6) is 5.75 Å². The average Bonchev–Trinajstić information content (AvgIpc) is 2.85. The molecule has 0 aliphatic rings. The van der Waals surface area contributed by atoms with Crippen molar-refractivity contribution in [2.24, 2.45) is 0 Å². The second-order valence-electron chi connectivity index (χ2n) is 4.71. The molecule has 0 unspecified atom stereocenters. The summed E-state index contributed by atoms with van der Waals surface area (Å²) in [5, 5.41) is 19.3. The third-order valence-corrected chi connectivity index (χ3v) is 3.69. The van der Waals surface area contributed by atoms with Gasteiger partial charge in [-0.25, -0.2) is 0 Å². The number of H-pyrrole nitrogens is 1. The Kier molecular flexibility index (Phi) is 3.72. The molecule has 3 aromatic rings. The predicted octanol–water partition coefficient (Wildman–Crippen LogP) is 3.11. The number of hydrogen-bond acceptors (Lipinski definition) is 4. The first kappa shape index (κ1) is 13.8. The lowest BCUT2D eigenvalue weighted by molar-refractivity contribution is 0.187. The van der Waals surface area contributed by atoms with Crippen LogP contribution in [0.4, 0.5) is 0 Å². The number of benzene rings is 2. The minimum absolute atomic E-state index is 0.182. The lowest BCUT2D eigenvalue weighted by Gasteiger charge is -2.09. The molecular formula is C15H15N3O2S. The van der Waals surface area contributed by atoms with Gasteiger partial charge in [0, 0.05) is 7.11 Å². The van der Waals surface area contributed by atoms with E-state index in [-0.39, 0.29) is 5.75 Å².